The number of thioether (sulfide) groups is 1. The number of H-pyrrole nitrogens is 1. The van der Waals surface area contributed by atoms with Crippen molar-refractivity contribution in [3.63, 3.8) is 0 Å². The first-order valence-corrected chi connectivity index (χ1v) is 12.1. The van der Waals surface area contributed by atoms with E-state index in [0.29, 0.717) is 30.3 Å². The number of carbonyl (C=O) groups excluding carboxylic acids is 1. The number of aromatic amines is 1. The van der Waals surface area contributed by atoms with Crippen LogP contribution in [0.25, 0.3) is 0 Å². The van der Waals surface area contributed by atoms with E-state index < -0.39 is 0 Å². The van der Waals surface area contributed by atoms with E-state index in [-0.39, 0.29) is 17.2 Å². The van der Waals surface area contributed by atoms with Crippen molar-refractivity contribution in [1.29, 1.82) is 0 Å². The first-order chi connectivity index (χ1) is 14.9. The number of carbonyl (C=O) groups is 1. The van der Waals surface area contributed by atoms with Crippen LogP contribution in [0.4, 0.5) is 0 Å². The summed E-state index contributed by atoms with van der Waals surface area (Å²) in [6, 6.07) is 8.21. The number of fused-ring (bicyclic) bond motifs is 1. The Morgan fingerprint density at radius 2 is 1.81 bits per heavy atom. The molecule has 0 aliphatic carbocycles. The molecule has 31 heavy (non-hydrogen) atoms. The number of hydrogen-bond acceptors (Lipinski definition) is 5. The van der Waals surface area contributed by atoms with Gasteiger partial charge in [-0.05, 0) is 50.1 Å². The Bertz CT molecular complexity index is 1050. The molecule has 0 unspecified atom stereocenters. The molecule has 3 heterocycles. The molecule has 1 fully saturated rings. The third-order valence-corrected chi connectivity index (χ3v) is 7.29. The molecule has 1 saturated heterocycles. The Morgan fingerprint density at radius 3 is 2.48 bits per heavy atom. The van der Waals surface area contributed by atoms with Crippen molar-refractivity contribution in [2.45, 2.75) is 45.0 Å². The van der Waals surface area contributed by atoms with Gasteiger partial charge in [0.05, 0.1) is 0 Å². The lowest BCUT2D eigenvalue weighted by molar-refractivity contribution is 0.0595. The van der Waals surface area contributed by atoms with Crippen LogP contribution in [0.3, 0.4) is 0 Å². The fourth-order valence-electron chi connectivity index (χ4n) is 4.35. The molecular formula is C23H30N4O3S. The van der Waals surface area contributed by atoms with Gasteiger partial charge in [-0.2, -0.15) is 11.8 Å². The third-order valence-electron chi connectivity index (χ3n) is 6.30. The summed E-state index contributed by atoms with van der Waals surface area (Å²) >= 11 is 1.72. The molecule has 1 aromatic carbocycles. The fraction of sp³-hybridized carbons (Fsp3) is 0.522. The van der Waals surface area contributed by atoms with E-state index in [4.69, 9.17) is 0 Å². The van der Waals surface area contributed by atoms with Crippen LogP contribution in [0.2, 0.25) is 0 Å². The zero-order chi connectivity index (χ0) is 22.0. The number of amides is 1. The molecule has 7 nitrogen and oxygen atoms in total. The van der Waals surface area contributed by atoms with E-state index in [9.17, 15) is 14.4 Å². The minimum atomic E-state index is -0.331. The largest absolute Gasteiger partial charge is 0.336 e. The Labute approximate surface area is 186 Å². The zero-order valence-corrected chi connectivity index (χ0v) is 19.0. The zero-order valence-electron chi connectivity index (χ0n) is 18.2. The molecule has 0 radical (unpaired) electrons. The maximum absolute atomic E-state index is 12.8. The van der Waals surface area contributed by atoms with Gasteiger partial charge in [-0.15, -0.1) is 0 Å². The van der Waals surface area contributed by atoms with Crippen molar-refractivity contribution in [2.24, 2.45) is 0 Å². The van der Waals surface area contributed by atoms with Gasteiger partial charge in [-0.25, -0.2) is 4.79 Å². The molecular weight excluding hydrogens is 412 g/mol. The van der Waals surface area contributed by atoms with E-state index in [1.165, 1.54) is 0 Å². The highest BCUT2D eigenvalue weighted by Crippen LogP contribution is 2.21. The minimum Gasteiger partial charge on any atom is -0.336 e. The van der Waals surface area contributed by atoms with Gasteiger partial charge >= 0.3 is 5.69 Å². The summed E-state index contributed by atoms with van der Waals surface area (Å²) in [4.78, 5) is 44.0. The van der Waals surface area contributed by atoms with Crippen LogP contribution in [-0.2, 0) is 25.1 Å². The quantitative estimate of drug-likeness (QED) is 0.763. The van der Waals surface area contributed by atoms with Gasteiger partial charge in [0, 0.05) is 61.3 Å². The van der Waals surface area contributed by atoms with Crippen LogP contribution >= 0.6 is 11.8 Å². The molecule has 0 spiro atoms. The molecule has 1 N–H and O–H groups in total. The first-order valence-electron chi connectivity index (χ1n) is 11.0. The molecule has 1 aromatic heterocycles. The summed E-state index contributed by atoms with van der Waals surface area (Å²) in [7, 11) is 0. The molecule has 0 bridgehead atoms. The maximum Gasteiger partial charge on any atom is 0.328 e. The second-order valence-electron chi connectivity index (χ2n) is 8.51. The van der Waals surface area contributed by atoms with Crippen molar-refractivity contribution in [1.82, 2.24) is 19.4 Å². The third kappa shape index (κ3) is 4.80. The van der Waals surface area contributed by atoms with Crippen LogP contribution < -0.4 is 11.2 Å². The Morgan fingerprint density at radius 1 is 1.10 bits per heavy atom. The van der Waals surface area contributed by atoms with Gasteiger partial charge in [0.25, 0.3) is 11.5 Å². The van der Waals surface area contributed by atoms with Crippen molar-refractivity contribution in [3.8, 4) is 0 Å². The molecule has 0 atom stereocenters. The molecule has 0 saturated carbocycles. The van der Waals surface area contributed by atoms with Gasteiger partial charge in [0.15, 0.2) is 0 Å². The highest BCUT2D eigenvalue weighted by molar-refractivity contribution is 7.98. The summed E-state index contributed by atoms with van der Waals surface area (Å²) in [6.07, 6.45) is 1.42. The van der Waals surface area contributed by atoms with Crippen molar-refractivity contribution >= 4 is 17.7 Å². The normalized spacial score (nSPS) is 17.1. The monoisotopic (exact) mass is 442 g/mol. The second kappa shape index (κ2) is 9.44. The molecule has 4 rings (SSSR count). The number of aromatic nitrogens is 2. The second-order valence-corrected chi connectivity index (χ2v) is 9.61. The van der Waals surface area contributed by atoms with Crippen LogP contribution in [-0.4, -0.2) is 63.2 Å². The van der Waals surface area contributed by atoms with Crippen LogP contribution in [0.5, 0.6) is 0 Å². The highest BCUT2D eigenvalue weighted by Gasteiger charge is 2.23. The van der Waals surface area contributed by atoms with Crippen molar-refractivity contribution in [2.75, 3.05) is 31.9 Å². The number of benzene rings is 1. The number of nitrogens with one attached hydrogen (secondary N) is 1. The number of hydrogen-bond donors (Lipinski definition) is 1. The predicted molar refractivity (Wildman–Crippen MR) is 124 cm³/mol. The summed E-state index contributed by atoms with van der Waals surface area (Å²) in [6.45, 7) is 8.25. The minimum absolute atomic E-state index is 0.0818. The number of piperazine rings is 1. The maximum atomic E-state index is 12.8. The lowest BCUT2D eigenvalue weighted by Crippen LogP contribution is -2.50. The Kier molecular flexibility index (Phi) is 6.67. The van der Waals surface area contributed by atoms with Crippen molar-refractivity contribution in [3.05, 3.63) is 67.5 Å². The standard InChI is InChI=1S/C23H30N4O3S/c1-16(2)25-10-12-26(13-11-25)22(29)18-5-3-17(4-6-18)7-9-27-20-8-14-31-15-19(20)21(28)24-23(27)30/h3-6,16H,7-15H2,1-2H3,(H,24,28,30). The molecule has 166 valence electrons. The summed E-state index contributed by atoms with van der Waals surface area (Å²) < 4.78 is 1.71. The lowest BCUT2D eigenvalue weighted by atomic mass is 10.1. The molecule has 8 heteroatoms. The molecule has 2 aliphatic heterocycles. The predicted octanol–water partition coefficient (Wildman–Crippen LogP) is 1.73. The highest BCUT2D eigenvalue weighted by atomic mass is 32.2. The Balaban J connectivity index is 1.40. The molecule has 2 aromatic rings. The van der Waals surface area contributed by atoms with Gasteiger partial charge in [-0.1, -0.05) is 12.1 Å². The topological polar surface area (TPSA) is 78.4 Å². The van der Waals surface area contributed by atoms with Gasteiger partial charge < -0.3 is 4.90 Å². The SMILES string of the molecule is CC(C)N1CCN(C(=O)c2ccc(CCn3c4c(c(=O)[nH]c3=O)CSCC4)cc2)CC1. The molecule has 1 amide bonds. The van der Waals surface area contributed by atoms with Gasteiger partial charge in [0.2, 0.25) is 0 Å². The fourth-order valence-corrected chi connectivity index (χ4v) is 5.33. The van der Waals surface area contributed by atoms with E-state index in [2.05, 4.69) is 23.7 Å². The number of rotatable bonds is 5. The van der Waals surface area contributed by atoms with E-state index in [0.717, 1.165) is 55.2 Å². The summed E-state index contributed by atoms with van der Waals surface area (Å²) in [5.74, 6) is 1.67. The smallest absolute Gasteiger partial charge is 0.328 e. The number of nitrogens with zero attached hydrogens (tertiary/aromatic N) is 3. The van der Waals surface area contributed by atoms with E-state index in [1.807, 2.05) is 29.2 Å². The Hall–Kier alpha value is -2.32. The van der Waals surface area contributed by atoms with E-state index in [1.54, 1.807) is 16.3 Å². The van der Waals surface area contributed by atoms with Crippen LogP contribution in [0.1, 0.15) is 41.0 Å². The molecule has 2 aliphatic rings. The summed E-state index contributed by atoms with van der Waals surface area (Å²) in [5, 5.41) is 0. The van der Waals surface area contributed by atoms with E-state index >= 15 is 0 Å². The average molecular weight is 443 g/mol. The van der Waals surface area contributed by atoms with Crippen LogP contribution in [0.15, 0.2) is 33.9 Å². The van der Waals surface area contributed by atoms with Crippen LogP contribution in [0, 0.1) is 0 Å². The summed E-state index contributed by atoms with van der Waals surface area (Å²) in [5.41, 5.74) is 2.80. The average Bonchev–Trinajstić information content (AvgIpc) is 2.79. The van der Waals surface area contributed by atoms with Gasteiger partial charge in [-0.3, -0.25) is 24.0 Å². The number of aryl methyl sites for hydroxylation is 1. The van der Waals surface area contributed by atoms with Crippen molar-refractivity contribution < 1.29 is 4.79 Å². The lowest BCUT2D eigenvalue weighted by Gasteiger charge is -2.37. The van der Waals surface area contributed by atoms with Gasteiger partial charge in [0.1, 0.15) is 0 Å². The first kappa shape index (κ1) is 21.9.